The van der Waals surface area contributed by atoms with E-state index in [9.17, 15) is 9.59 Å². The first kappa shape index (κ1) is 23.7. The van der Waals surface area contributed by atoms with Crippen molar-refractivity contribution in [3.63, 3.8) is 0 Å². The minimum atomic E-state index is -0.705. The zero-order chi connectivity index (χ0) is 24.8. The Morgan fingerprint density at radius 1 is 0.914 bits per heavy atom. The summed E-state index contributed by atoms with van der Waals surface area (Å²) in [5.74, 6) is 1.21. The number of nitrogens with one attached hydrogen (secondary N) is 3. The minimum Gasteiger partial charge on any atom is -0.495 e. The number of hydrogen-bond donors (Lipinski definition) is 3. The van der Waals surface area contributed by atoms with Crippen molar-refractivity contribution in [3.8, 4) is 17.2 Å². The summed E-state index contributed by atoms with van der Waals surface area (Å²) in [7, 11) is 3.10. The molecule has 1 aliphatic heterocycles. The fourth-order valence-electron chi connectivity index (χ4n) is 3.90. The molecule has 3 aromatic carbocycles. The lowest BCUT2D eigenvalue weighted by Crippen LogP contribution is -2.46. The normalized spacial score (nSPS) is 15.1. The summed E-state index contributed by atoms with van der Waals surface area (Å²) in [5, 5.41) is 8.43. The molecule has 3 aromatic rings. The van der Waals surface area contributed by atoms with Crippen LogP contribution in [-0.2, 0) is 11.4 Å². The van der Waals surface area contributed by atoms with Crippen molar-refractivity contribution < 1.29 is 23.8 Å². The van der Waals surface area contributed by atoms with Gasteiger partial charge in [0.15, 0.2) is 11.5 Å². The zero-order valence-corrected chi connectivity index (χ0v) is 19.8. The van der Waals surface area contributed by atoms with E-state index in [1.165, 1.54) is 7.11 Å². The van der Waals surface area contributed by atoms with Gasteiger partial charge in [0.05, 0.1) is 31.5 Å². The molecule has 0 saturated carbocycles. The number of methoxy groups -OCH3 is 2. The van der Waals surface area contributed by atoms with Gasteiger partial charge in [-0.2, -0.15) is 0 Å². The second-order valence-electron chi connectivity index (χ2n) is 7.91. The lowest BCUT2D eigenvalue weighted by molar-refractivity contribution is -0.113. The van der Waals surface area contributed by atoms with Crippen molar-refractivity contribution >= 4 is 17.6 Å². The number of hydrogen-bond acceptors (Lipinski definition) is 5. The number of rotatable bonds is 8. The van der Waals surface area contributed by atoms with Crippen LogP contribution < -0.4 is 30.2 Å². The molecule has 1 unspecified atom stereocenters. The summed E-state index contributed by atoms with van der Waals surface area (Å²) >= 11 is 0. The molecule has 3 N–H and O–H groups in total. The number of urea groups is 1. The topological polar surface area (TPSA) is 97.9 Å². The third kappa shape index (κ3) is 5.38. The van der Waals surface area contributed by atoms with E-state index in [1.54, 1.807) is 50.4 Å². The van der Waals surface area contributed by atoms with Crippen LogP contribution in [0.3, 0.4) is 0 Å². The Balaban J connectivity index is 1.65. The van der Waals surface area contributed by atoms with E-state index in [0.717, 1.165) is 5.56 Å². The van der Waals surface area contributed by atoms with Crippen LogP contribution in [-0.4, -0.2) is 26.2 Å². The van der Waals surface area contributed by atoms with Gasteiger partial charge in [-0.15, -0.1) is 0 Å². The Labute approximate surface area is 203 Å². The summed E-state index contributed by atoms with van der Waals surface area (Å²) in [6.07, 6.45) is 0. The van der Waals surface area contributed by atoms with Gasteiger partial charge in [-0.25, -0.2) is 4.79 Å². The van der Waals surface area contributed by atoms with E-state index >= 15 is 0 Å². The van der Waals surface area contributed by atoms with Crippen LogP contribution in [0.25, 0.3) is 0 Å². The summed E-state index contributed by atoms with van der Waals surface area (Å²) in [6, 6.07) is 21.1. The lowest BCUT2D eigenvalue weighted by atomic mass is 9.94. The zero-order valence-electron chi connectivity index (χ0n) is 19.8. The molecule has 3 amide bonds. The number of para-hydroxylation sites is 2. The van der Waals surface area contributed by atoms with E-state index in [-0.39, 0.29) is 5.91 Å². The molecule has 1 atom stereocenters. The molecule has 1 aliphatic rings. The molecule has 0 radical (unpaired) electrons. The van der Waals surface area contributed by atoms with E-state index in [0.29, 0.717) is 46.4 Å². The molecule has 35 heavy (non-hydrogen) atoms. The van der Waals surface area contributed by atoms with Gasteiger partial charge in [0.1, 0.15) is 12.4 Å². The third-order valence-electron chi connectivity index (χ3n) is 5.63. The van der Waals surface area contributed by atoms with Crippen molar-refractivity contribution in [2.24, 2.45) is 0 Å². The van der Waals surface area contributed by atoms with E-state index in [1.807, 2.05) is 36.4 Å². The van der Waals surface area contributed by atoms with Gasteiger partial charge < -0.3 is 30.2 Å². The molecular weight excluding hydrogens is 446 g/mol. The maximum absolute atomic E-state index is 13.4. The number of carbonyl (C=O) groups is 2. The number of ether oxygens (including phenoxy) is 3. The van der Waals surface area contributed by atoms with E-state index < -0.39 is 12.1 Å². The second-order valence-corrected chi connectivity index (χ2v) is 7.91. The van der Waals surface area contributed by atoms with Gasteiger partial charge >= 0.3 is 6.03 Å². The minimum absolute atomic E-state index is 0.343. The maximum Gasteiger partial charge on any atom is 0.319 e. The Bertz CT molecular complexity index is 1260. The van der Waals surface area contributed by atoms with E-state index in [4.69, 9.17) is 14.2 Å². The Morgan fingerprint density at radius 2 is 1.63 bits per heavy atom. The van der Waals surface area contributed by atoms with Crippen molar-refractivity contribution in [3.05, 3.63) is 95.2 Å². The van der Waals surface area contributed by atoms with Crippen molar-refractivity contribution in [2.75, 3.05) is 19.5 Å². The van der Waals surface area contributed by atoms with Gasteiger partial charge in [-0.3, -0.25) is 4.79 Å². The quantitative estimate of drug-likeness (QED) is 0.446. The van der Waals surface area contributed by atoms with Crippen molar-refractivity contribution in [1.29, 1.82) is 0 Å². The molecule has 0 bridgehead atoms. The van der Waals surface area contributed by atoms with Crippen LogP contribution in [0.2, 0.25) is 0 Å². The number of anilines is 1. The molecule has 0 aliphatic carbocycles. The highest BCUT2D eigenvalue weighted by atomic mass is 16.5. The highest BCUT2D eigenvalue weighted by molar-refractivity contribution is 6.07. The average molecular weight is 474 g/mol. The first-order valence-corrected chi connectivity index (χ1v) is 11.1. The fourth-order valence-corrected chi connectivity index (χ4v) is 3.90. The number of carbonyl (C=O) groups excluding carboxylic acids is 2. The Hall–Kier alpha value is -4.46. The smallest absolute Gasteiger partial charge is 0.319 e. The third-order valence-corrected chi connectivity index (χ3v) is 5.63. The van der Waals surface area contributed by atoms with Gasteiger partial charge in [-0.1, -0.05) is 48.5 Å². The molecule has 1 heterocycles. The van der Waals surface area contributed by atoms with Crippen LogP contribution in [0.4, 0.5) is 10.5 Å². The highest BCUT2D eigenvalue weighted by Gasteiger charge is 2.32. The monoisotopic (exact) mass is 473 g/mol. The molecule has 0 aromatic heterocycles. The molecule has 0 spiro atoms. The van der Waals surface area contributed by atoms with Crippen LogP contribution in [0.5, 0.6) is 17.2 Å². The molecule has 8 heteroatoms. The summed E-state index contributed by atoms with van der Waals surface area (Å²) in [4.78, 5) is 25.7. The Kier molecular flexibility index (Phi) is 7.21. The first-order chi connectivity index (χ1) is 17.0. The number of allylic oxidation sites excluding steroid dienone is 1. The van der Waals surface area contributed by atoms with Gasteiger partial charge in [0.2, 0.25) is 0 Å². The lowest BCUT2D eigenvalue weighted by Gasteiger charge is -2.29. The largest absolute Gasteiger partial charge is 0.495 e. The molecule has 0 saturated heterocycles. The molecular formula is C27H27N3O5. The standard InChI is InChI=1S/C27H27N3O5/c1-17-24(26(31)29-20-11-7-8-12-21(20)33-2)25(30-27(32)28-17)19-13-14-22(34-3)23(15-19)35-16-18-9-5-4-6-10-18/h4-15,25H,16H2,1-3H3,(H,29,31)(H2,28,30,32). The van der Waals surface area contributed by atoms with Crippen LogP contribution >= 0.6 is 0 Å². The number of benzene rings is 3. The predicted octanol–water partition coefficient (Wildman–Crippen LogP) is 4.55. The second kappa shape index (κ2) is 10.6. The summed E-state index contributed by atoms with van der Waals surface area (Å²) in [6.45, 7) is 2.04. The Morgan fingerprint density at radius 3 is 2.37 bits per heavy atom. The van der Waals surface area contributed by atoms with Gasteiger partial charge in [-0.05, 0) is 42.3 Å². The molecule has 180 valence electrons. The molecule has 8 nitrogen and oxygen atoms in total. The van der Waals surface area contributed by atoms with Crippen LogP contribution in [0.1, 0.15) is 24.1 Å². The van der Waals surface area contributed by atoms with Crippen LogP contribution in [0.15, 0.2) is 84.1 Å². The first-order valence-electron chi connectivity index (χ1n) is 11.1. The van der Waals surface area contributed by atoms with Gasteiger partial charge in [0, 0.05) is 5.70 Å². The van der Waals surface area contributed by atoms with Crippen molar-refractivity contribution in [2.45, 2.75) is 19.6 Å². The summed E-state index contributed by atoms with van der Waals surface area (Å²) in [5.41, 5.74) is 3.02. The average Bonchev–Trinajstić information content (AvgIpc) is 2.87. The fraction of sp³-hybridized carbons (Fsp3) is 0.185. The van der Waals surface area contributed by atoms with Crippen LogP contribution in [0, 0.1) is 0 Å². The predicted molar refractivity (Wildman–Crippen MR) is 133 cm³/mol. The van der Waals surface area contributed by atoms with Gasteiger partial charge in [0.25, 0.3) is 5.91 Å². The maximum atomic E-state index is 13.4. The molecule has 4 rings (SSSR count). The number of amides is 3. The highest BCUT2D eigenvalue weighted by Crippen LogP contribution is 2.35. The van der Waals surface area contributed by atoms with E-state index in [2.05, 4.69) is 16.0 Å². The SMILES string of the molecule is COc1ccccc1NC(=O)C1=C(C)NC(=O)NC1c1ccc(OC)c(OCc2ccccc2)c1. The molecule has 0 fully saturated rings. The van der Waals surface area contributed by atoms with Crippen molar-refractivity contribution in [1.82, 2.24) is 10.6 Å². The summed E-state index contributed by atoms with van der Waals surface area (Å²) < 4.78 is 16.8.